The van der Waals surface area contributed by atoms with Crippen LogP contribution in [0.1, 0.15) is 22.5 Å². The molecule has 0 saturated carbocycles. The number of hydrogen-bond donors (Lipinski definition) is 1. The molecular formula is C19H20N6O2. The van der Waals surface area contributed by atoms with Gasteiger partial charge in [-0.05, 0) is 24.3 Å². The van der Waals surface area contributed by atoms with Crippen molar-refractivity contribution in [3.8, 4) is 6.07 Å². The van der Waals surface area contributed by atoms with Crippen molar-refractivity contribution in [3.05, 3.63) is 54.1 Å². The smallest absolute Gasteiger partial charge is 0.274 e. The molecule has 0 radical (unpaired) electrons. The summed E-state index contributed by atoms with van der Waals surface area (Å²) in [6.07, 6.45) is 4.90. The van der Waals surface area contributed by atoms with Crippen LogP contribution in [-0.2, 0) is 4.79 Å². The topological polar surface area (TPSA) is 102 Å². The summed E-state index contributed by atoms with van der Waals surface area (Å²) >= 11 is 0. The Balaban J connectivity index is 1.40. The van der Waals surface area contributed by atoms with E-state index >= 15 is 0 Å². The second kappa shape index (κ2) is 8.87. The molecule has 1 aliphatic heterocycles. The van der Waals surface area contributed by atoms with Gasteiger partial charge < -0.3 is 10.2 Å². The number of anilines is 1. The van der Waals surface area contributed by atoms with Gasteiger partial charge in [0, 0.05) is 57.2 Å². The first-order valence-corrected chi connectivity index (χ1v) is 8.73. The summed E-state index contributed by atoms with van der Waals surface area (Å²) in [5, 5.41) is 11.6. The van der Waals surface area contributed by atoms with E-state index in [-0.39, 0.29) is 11.8 Å². The summed E-state index contributed by atoms with van der Waals surface area (Å²) in [4.78, 5) is 36.3. The fourth-order valence-corrected chi connectivity index (χ4v) is 2.86. The molecule has 0 bridgehead atoms. The average molecular weight is 364 g/mol. The van der Waals surface area contributed by atoms with E-state index in [1.807, 2.05) is 6.07 Å². The molecule has 2 heterocycles. The molecule has 0 aliphatic carbocycles. The maximum atomic E-state index is 12.3. The maximum Gasteiger partial charge on any atom is 0.274 e. The highest BCUT2D eigenvalue weighted by Crippen LogP contribution is 2.10. The number of nitriles is 1. The molecule has 1 fully saturated rings. The Hall–Kier alpha value is -3.31. The molecule has 138 valence electrons. The Bertz CT molecular complexity index is 824. The number of nitrogens with zero attached hydrogens (tertiary/aromatic N) is 5. The fraction of sp³-hybridized carbons (Fsp3) is 0.316. The highest BCUT2D eigenvalue weighted by atomic mass is 16.2. The molecule has 8 heteroatoms. The van der Waals surface area contributed by atoms with Crippen molar-refractivity contribution < 1.29 is 9.59 Å². The third kappa shape index (κ3) is 5.09. The van der Waals surface area contributed by atoms with E-state index in [1.54, 1.807) is 29.2 Å². The molecule has 1 saturated heterocycles. The van der Waals surface area contributed by atoms with Crippen molar-refractivity contribution in [1.29, 1.82) is 5.26 Å². The minimum Gasteiger partial charge on any atom is -0.335 e. The van der Waals surface area contributed by atoms with E-state index in [0.717, 1.165) is 13.1 Å². The van der Waals surface area contributed by atoms with Gasteiger partial charge >= 0.3 is 0 Å². The van der Waals surface area contributed by atoms with Gasteiger partial charge in [-0.3, -0.25) is 19.5 Å². The predicted molar refractivity (Wildman–Crippen MR) is 98.8 cm³/mol. The third-order valence-electron chi connectivity index (χ3n) is 4.39. The van der Waals surface area contributed by atoms with Crippen molar-refractivity contribution in [2.24, 2.45) is 0 Å². The number of piperazine rings is 1. The summed E-state index contributed by atoms with van der Waals surface area (Å²) in [6, 6.07) is 8.81. The number of aromatic nitrogens is 2. The zero-order chi connectivity index (χ0) is 19.1. The number of rotatable bonds is 5. The molecule has 0 unspecified atom stereocenters. The van der Waals surface area contributed by atoms with Gasteiger partial charge in [-0.2, -0.15) is 5.26 Å². The van der Waals surface area contributed by atoms with Crippen LogP contribution in [0.5, 0.6) is 0 Å². The van der Waals surface area contributed by atoms with Crippen LogP contribution in [-0.4, -0.2) is 64.3 Å². The van der Waals surface area contributed by atoms with Crippen LogP contribution in [0.4, 0.5) is 5.69 Å². The lowest BCUT2D eigenvalue weighted by atomic mass is 10.2. The maximum absolute atomic E-state index is 12.3. The van der Waals surface area contributed by atoms with Gasteiger partial charge in [0.1, 0.15) is 5.69 Å². The Morgan fingerprint density at radius 3 is 2.48 bits per heavy atom. The Kier molecular flexibility index (Phi) is 6.07. The summed E-state index contributed by atoms with van der Waals surface area (Å²) in [6.45, 7) is 3.28. The second-order valence-corrected chi connectivity index (χ2v) is 6.21. The minimum absolute atomic E-state index is 0.0715. The second-order valence-electron chi connectivity index (χ2n) is 6.21. The van der Waals surface area contributed by atoms with Crippen LogP contribution in [0, 0.1) is 11.3 Å². The minimum atomic E-state index is -0.110. The number of carbonyl (C=O) groups excluding carboxylic acids is 2. The van der Waals surface area contributed by atoms with Crippen molar-refractivity contribution in [1.82, 2.24) is 19.8 Å². The van der Waals surface area contributed by atoms with E-state index in [4.69, 9.17) is 5.26 Å². The molecule has 27 heavy (non-hydrogen) atoms. The van der Waals surface area contributed by atoms with E-state index in [9.17, 15) is 9.59 Å². The van der Waals surface area contributed by atoms with E-state index in [2.05, 4.69) is 20.2 Å². The Morgan fingerprint density at radius 1 is 1.11 bits per heavy atom. The SMILES string of the molecule is N#Cc1ccc(NC(=O)CCN2CCN(C(=O)c3cnccn3)CC2)cc1. The number of benzene rings is 1. The quantitative estimate of drug-likeness (QED) is 0.853. The van der Waals surface area contributed by atoms with Gasteiger partial charge in [-0.1, -0.05) is 0 Å². The monoisotopic (exact) mass is 364 g/mol. The first-order chi connectivity index (χ1) is 13.2. The van der Waals surface area contributed by atoms with Crippen LogP contribution in [0.3, 0.4) is 0 Å². The van der Waals surface area contributed by atoms with Crippen LogP contribution in [0.15, 0.2) is 42.9 Å². The van der Waals surface area contributed by atoms with Gasteiger partial charge in [0.25, 0.3) is 5.91 Å². The summed E-state index contributed by atoms with van der Waals surface area (Å²) in [5.74, 6) is -0.181. The zero-order valence-electron chi connectivity index (χ0n) is 14.8. The predicted octanol–water partition coefficient (Wildman–Crippen LogP) is 1.13. The van der Waals surface area contributed by atoms with Crippen LogP contribution < -0.4 is 5.32 Å². The first kappa shape index (κ1) is 18.5. The Morgan fingerprint density at radius 2 is 1.85 bits per heavy atom. The molecule has 0 spiro atoms. The normalized spacial score (nSPS) is 14.4. The van der Waals surface area contributed by atoms with Gasteiger partial charge in [-0.15, -0.1) is 0 Å². The van der Waals surface area contributed by atoms with E-state index in [1.165, 1.54) is 18.6 Å². The van der Waals surface area contributed by atoms with Gasteiger partial charge in [-0.25, -0.2) is 4.98 Å². The van der Waals surface area contributed by atoms with Gasteiger partial charge in [0.15, 0.2) is 0 Å². The number of carbonyl (C=O) groups is 2. The lowest BCUT2D eigenvalue weighted by Crippen LogP contribution is -2.49. The highest BCUT2D eigenvalue weighted by molar-refractivity contribution is 5.92. The number of amides is 2. The largest absolute Gasteiger partial charge is 0.335 e. The summed E-state index contributed by atoms with van der Waals surface area (Å²) < 4.78 is 0. The van der Waals surface area contributed by atoms with E-state index in [0.29, 0.717) is 43.0 Å². The standard InChI is InChI=1S/C19H20N6O2/c20-13-15-1-3-16(4-2-15)23-18(26)5-8-24-9-11-25(12-10-24)19(27)17-14-21-6-7-22-17/h1-4,6-7,14H,5,8-12H2,(H,23,26). The van der Waals surface area contributed by atoms with Gasteiger partial charge in [0.2, 0.25) is 5.91 Å². The molecule has 8 nitrogen and oxygen atoms in total. The third-order valence-corrected chi connectivity index (χ3v) is 4.39. The average Bonchev–Trinajstić information content (AvgIpc) is 2.73. The van der Waals surface area contributed by atoms with Crippen molar-refractivity contribution in [2.45, 2.75) is 6.42 Å². The molecule has 1 aliphatic rings. The fourth-order valence-electron chi connectivity index (χ4n) is 2.86. The van der Waals surface area contributed by atoms with Crippen molar-refractivity contribution in [2.75, 3.05) is 38.0 Å². The van der Waals surface area contributed by atoms with Crippen LogP contribution >= 0.6 is 0 Å². The molecule has 1 aromatic heterocycles. The van der Waals surface area contributed by atoms with E-state index < -0.39 is 0 Å². The van der Waals surface area contributed by atoms with Crippen molar-refractivity contribution in [3.63, 3.8) is 0 Å². The van der Waals surface area contributed by atoms with Crippen molar-refractivity contribution >= 4 is 17.5 Å². The van der Waals surface area contributed by atoms with Crippen LogP contribution in [0.25, 0.3) is 0 Å². The molecular weight excluding hydrogens is 344 g/mol. The first-order valence-electron chi connectivity index (χ1n) is 8.73. The number of nitrogens with one attached hydrogen (secondary N) is 1. The molecule has 1 aromatic carbocycles. The lowest BCUT2D eigenvalue weighted by molar-refractivity contribution is -0.116. The zero-order valence-corrected chi connectivity index (χ0v) is 14.8. The summed E-state index contributed by atoms with van der Waals surface area (Å²) in [7, 11) is 0. The molecule has 0 atom stereocenters. The molecule has 2 aromatic rings. The molecule has 2 amide bonds. The molecule has 3 rings (SSSR count). The van der Waals surface area contributed by atoms with Crippen LogP contribution in [0.2, 0.25) is 0 Å². The Labute approximate surface area is 157 Å². The van der Waals surface area contributed by atoms with Gasteiger partial charge in [0.05, 0.1) is 17.8 Å². The molecule has 1 N–H and O–H groups in total. The lowest BCUT2D eigenvalue weighted by Gasteiger charge is -2.34. The number of hydrogen-bond acceptors (Lipinski definition) is 6. The summed E-state index contributed by atoms with van der Waals surface area (Å²) in [5.41, 5.74) is 1.59. The highest BCUT2D eigenvalue weighted by Gasteiger charge is 2.23.